The minimum absolute atomic E-state index is 0.0627. The number of hydrogen-bond acceptors (Lipinski definition) is 8. The van der Waals surface area contributed by atoms with E-state index in [-0.39, 0.29) is 18.0 Å². The number of benzene rings is 2. The zero-order chi connectivity index (χ0) is 25.2. The van der Waals surface area contributed by atoms with E-state index in [2.05, 4.69) is 20.0 Å². The fraction of sp³-hybridized carbons (Fsp3) is 0.292. The van der Waals surface area contributed by atoms with Crippen LogP contribution in [0.25, 0.3) is 17.0 Å². The second kappa shape index (κ2) is 9.88. The average molecular weight is 498 g/mol. The van der Waals surface area contributed by atoms with Crippen LogP contribution in [0.5, 0.6) is 17.4 Å². The molecule has 0 aliphatic heterocycles. The highest BCUT2D eigenvalue weighted by Crippen LogP contribution is 2.31. The summed E-state index contributed by atoms with van der Waals surface area (Å²) in [5.41, 5.74) is 3.47. The number of hydrogen-bond donors (Lipinski definition) is 1. The van der Waals surface area contributed by atoms with Crippen molar-refractivity contribution in [3.63, 3.8) is 0 Å². The van der Waals surface area contributed by atoms with E-state index in [1.807, 2.05) is 38.1 Å². The van der Waals surface area contributed by atoms with E-state index in [0.29, 0.717) is 34.4 Å². The van der Waals surface area contributed by atoms with Gasteiger partial charge in [0.15, 0.2) is 11.5 Å². The van der Waals surface area contributed by atoms with Crippen molar-refractivity contribution in [2.45, 2.75) is 25.7 Å². The van der Waals surface area contributed by atoms with Gasteiger partial charge in [-0.15, -0.1) is 15.3 Å². The second-order valence-electron chi connectivity index (χ2n) is 7.89. The first-order chi connectivity index (χ1) is 16.8. The summed E-state index contributed by atoms with van der Waals surface area (Å²) in [5.74, 6) is 2.14. The maximum Gasteiger partial charge on any atom is 0.240 e. The Hall–Kier alpha value is -3.70. The minimum Gasteiger partial charge on any atom is -0.496 e. The molecule has 2 heterocycles. The Morgan fingerprint density at radius 3 is 2.49 bits per heavy atom. The largest absolute Gasteiger partial charge is 0.496 e. The summed E-state index contributed by atoms with van der Waals surface area (Å²) in [6.07, 6.45) is 0. The number of fused-ring (bicyclic) bond motifs is 1. The molecule has 0 saturated heterocycles. The number of ether oxygens (including phenoxy) is 3. The lowest BCUT2D eigenvalue weighted by atomic mass is 10.1. The topological polar surface area (TPSA) is 117 Å². The highest BCUT2D eigenvalue weighted by molar-refractivity contribution is 7.89. The van der Waals surface area contributed by atoms with Crippen molar-refractivity contribution in [1.29, 1.82) is 0 Å². The zero-order valence-corrected chi connectivity index (χ0v) is 21.0. The van der Waals surface area contributed by atoms with Gasteiger partial charge in [0, 0.05) is 12.6 Å². The smallest absolute Gasteiger partial charge is 0.240 e. The molecular formula is C24H27N5O5S. The SMILES string of the molecule is COc1ccccc1-c1nnc2ccc(OCCNS(=O)(=O)c3cc(C)c(OC)c(C)c3C)nn12. The summed E-state index contributed by atoms with van der Waals surface area (Å²) in [5, 5.41) is 12.8. The van der Waals surface area contributed by atoms with Crippen molar-refractivity contribution in [1.82, 2.24) is 24.5 Å². The first-order valence-electron chi connectivity index (χ1n) is 10.9. The van der Waals surface area contributed by atoms with Gasteiger partial charge >= 0.3 is 0 Å². The highest BCUT2D eigenvalue weighted by Gasteiger charge is 2.21. The van der Waals surface area contributed by atoms with Gasteiger partial charge in [-0.3, -0.25) is 0 Å². The third kappa shape index (κ3) is 4.77. The Bertz CT molecular complexity index is 1480. The third-order valence-electron chi connectivity index (χ3n) is 5.70. The Balaban J connectivity index is 1.47. The monoisotopic (exact) mass is 497 g/mol. The lowest BCUT2D eigenvalue weighted by Gasteiger charge is -2.16. The highest BCUT2D eigenvalue weighted by atomic mass is 32.2. The van der Waals surface area contributed by atoms with Crippen LogP contribution in [0.1, 0.15) is 16.7 Å². The van der Waals surface area contributed by atoms with Crippen LogP contribution in [-0.4, -0.2) is 55.6 Å². The first kappa shape index (κ1) is 24.4. The Morgan fingerprint density at radius 2 is 1.74 bits per heavy atom. The van der Waals surface area contributed by atoms with Gasteiger partial charge in [-0.1, -0.05) is 12.1 Å². The predicted octanol–water partition coefficient (Wildman–Crippen LogP) is 3.09. The van der Waals surface area contributed by atoms with Crippen molar-refractivity contribution in [3.8, 4) is 28.8 Å². The first-order valence-corrected chi connectivity index (χ1v) is 12.4. The van der Waals surface area contributed by atoms with E-state index < -0.39 is 10.0 Å². The van der Waals surface area contributed by atoms with Gasteiger partial charge in [-0.2, -0.15) is 4.52 Å². The van der Waals surface area contributed by atoms with Crippen LogP contribution >= 0.6 is 0 Å². The van der Waals surface area contributed by atoms with Gasteiger partial charge in [-0.05, 0) is 61.7 Å². The Morgan fingerprint density at radius 1 is 0.971 bits per heavy atom. The molecule has 35 heavy (non-hydrogen) atoms. The van der Waals surface area contributed by atoms with Crippen LogP contribution in [0.3, 0.4) is 0 Å². The number of aromatic nitrogens is 4. The van der Waals surface area contributed by atoms with Crippen molar-refractivity contribution < 1.29 is 22.6 Å². The molecule has 0 aliphatic rings. The number of nitrogens with one attached hydrogen (secondary N) is 1. The molecule has 0 aliphatic carbocycles. The van der Waals surface area contributed by atoms with Gasteiger partial charge < -0.3 is 14.2 Å². The summed E-state index contributed by atoms with van der Waals surface area (Å²) in [6.45, 7) is 5.57. The molecule has 2 aromatic carbocycles. The fourth-order valence-corrected chi connectivity index (χ4v) is 5.27. The van der Waals surface area contributed by atoms with Crippen molar-refractivity contribution >= 4 is 15.7 Å². The molecule has 11 heteroatoms. The van der Waals surface area contributed by atoms with E-state index in [0.717, 1.165) is 16.7 Å². The lowest BCUT2D eigenvalue weighted by molar-refractivity contribution is 0.306. The van der Waals surface area contributed by atoms with Gasteiger partial charge in [0.1, 0.15) is 18.1 Å². The maximum atomic E-state index is 12.9. The summed E-state index contributed by atoms with van der Waals surface area (Å²) >= 11 is 0. The van der Waals surface area contributed by atoms with Gasteiger partial charge in [0.25, 0.3) is 0 Å². The summed E-state index contributed by atoms with van der Waals surface area (Å²) in [4.78, 5) is 0.221. The Kier molecular flexibility index (Phi) is 6.90. The summed E-state index contributed by atoms with van der Waals surface area (Å²) in [7, 11) is -0.580. The quantitative estimate of drug-likeness (QED) is 0.351. The summed E-state index contributed by atoms with van der Waals surface area (Å²) in [6, 6.07) is 12.4. The number of aryl methyl sites for hydroxylation is 1. The second-order valence-corrected chi connectivity index (χ2v) is 9.62. The molecule has 0 saturated carbocycles. The van der Waals surface area contributed by atoms with Crippen LogP contribution in [0.4, 0.5) is 0 Å². The molecule has 0 unspecified atom stereocenters. The van der Waals surface area contributed by atoms with Crippen LogP contribution in [0.2, 0.25) is 0 Å². The summed E-state index contributed by atoms with van der Waals surface area (Å²) < 4.78 is 46.5. The van der Waals surface area contributed by atoms with Gasteiger partial charge in [0.2, 0.25) is 15.9 Å². The van der Waals surface area contributed by atoms with E-state index in [4.69, 9.17) is 14.2 Å². The molecule has 1 N–H and O–H groups in total. The number of sulfonamides is 1. The maximum absolute atomic E-state index is 12.9. The fourth-order valence-electron chi connectivity index (χ4n) is 3.87. The number of rotatable bonds is 9. The van der Waals surface area contributed by atoms with E-state index in [9.17, 15) is 8.42 Å². The van der Waals surface area contributed by atoms with E-state index >= 15 is 0 Å². The van der Waals surface area contributed by atoms with Crippen molar-refractivity contribution in [3.05, 3.63) is 59.2 Å². The molecular weight excluding hydrogens is 470 g/mol. The molecule has 0 amide bonds. The third-order valence-corrected chi connectivity index (χ3v) is 7.29. The molecule has 10 nitrogen and oxygen atoms in total. The molecule has 0 fully saturated rings. The van der Waals surface area contributed by atoms with Crippen molar-refractivity contribution in [2.24, 2.45) is 0 Å². The van der Waals surface area contributed by atoms with Crippen LogP contribution < -0.4 is 18.9 Å². The molecule has 4 rings (SSSR count). The molecule has 184 valence electrons. The molecule has 2 aromatic heterocycles. The van der Waals surface area contributed by atoms with E-state index in [1.165, 1.54) is 0 Å². The number of para-hydroxylation sites is 1. The molecule has 4 aromatic rings. The lowest BCUT2D eigenvalue weighted by Crippen LogP contribution is -2.29. The standard InChI is InChI=1S/C24H27N5O5S/c1-15-14-20(16(2)17(3)23(15)33-5)35(30,31)25-12-13-34-22-11-10-21-26-27-24(29(21)28-22)18-8-6-7-9-19(18)32-4/h6-11,14,25H,12-13H2,1-5H3. The molecule has 0 spiro atoms. The van der Waals surface area contributed by atoms with E-state index in [1.54, 1.807) is 43.9 Å². The number of methoxy groups -OCH3 is 2. The zero-order valence-electron chi connectivity index (χ0n) is 20.2. The minimum atomic E-state index is -3.74. The predicted molar refractivity (Wildman–Crippen MR) is 131 cm³/mol. The Labute approximate surface area is 203 Å². The van der Waals surface area contributed by atoms with Crippen molar-refractivity contribution in [2.75, 3.05) is 27.4 Å². The van der Waals surface area contributed by atoms with Crippen LogP contribution in [-0.2, 0) is 10.0 Å². The van der Waals surface area contributed by atoms with Crippen LogP contribution in [0, 0.1) is 20.8 Å². The average Bonchev–Trinajstić information content (AvgIpc) is 3.27. The normalized spacial score (nSPS) is 11.6. The van der Waals surface area contributed by atoms with Crippen LogP contribution in [0.15, 0.2) is 47.4 Å². The molecule has 0 atom stereocenters. The molecule has 0 radical (unpaired) electrons. The number of nitrogens with zero attached hydrogens (tertiary/aromatic N) is 4. The van der Waals surface area contributed by atoms with Gasteiger partial charge in [0.05, 0.1) is 24.7 Å². The molecule has 0 bridgehead atoms. The van der Waals surface area contributed by atoms with Gasteiger partial charge in [-0.25, -0.2) is 13.1 Å².